The fraction of sp³-hybridized carbons (Fsp3) is 0.538. The van der Waals surface area contributed by atoms with E-state index in [9.17, 15) is 8.42 Å². The summed E-state index contributed by atoms with van der Waals surface area (Å²) in [5.74, 6) is 0.888. The average Bonchev–Trinajstić information content (AvgIpc) is 2.37. The molecule has 0 radical (unpaired) electrons. The molecule has 0 heterocycles. The van der Waals surface area contributed by atoms with Gasteiger partial charge in [-0.25, -0.2) is 8.42 Å². The zero-order valence-corrected chi connectivity index (χ0v) is 12.5. The summed E-state index contributed by atoms with van der Waals surface area (Å²) in [6.45, 7) is 0.847. The van der Waals surface area contributed by atoms with Gasteiger partial charge in [0, 0.05) is 24.9 Å². The van der Waals surface area contributed by atoms with E-state index < -0.39 is 9.84 Å². The summed E-state index contributed by atoms with van der Waals surface area (Å²) >= 11 is 0. The molecule has 19 heavy (non-hydrogen) atoms. The Morgan fingerprint density at radius 3 is 2.53 bits per heavy atom. The van der Waals surface area contributed by atoms with Gasteiger partial charge in [0.25, 0.3) is 0 Å². The smallest absolute Gasteiger partial charge is 0.148 e. The number of rotatable bonds is 7. The predicted molar refractivity (Wildman–Crippen MR) is 77.1 cm³/mol. The van der Waals surface area contributed by atoms with Crippen LogP contribution < -0.4 is 10.5 Å². The molecule has 1 atom stereocenters. The van der Waals surface area contributed by atoms with Gasteiger partial charge >= 0.3 is 0 Å². The van der Waals surface area contributed by atoms with Crippen LogP contribution in [-0.4, -0.2) is 52.6 Å². The molecule has 0 aliphatic carbocycles. The summed E-state index contributed by atoms with van der Waals surface area (Å²) < 4.78 is 27.8. The zero-order valence-electron chi connectivity index (χ0n) is 11.7. The third-order valence-electron chi connectivity index (χ3n) is 3.07. The molecule has 0 saturated carbocycles. The van der Waals surface area contributed by atoms with E-state index >= 15 is 0 Å². The van der Waals surface area contributed by atoms with Gasteiger partial charge in [-0.1, -0.05) is 18.2 Å². The number of para-hydroxylation sites is 1. The number of likely N-dealkylation sites (N-methyl/N-ethyl adjacent to an activating group) is 1. The summed E-state index contributed by atoms with van der Waals surface area (Å²) in [6, 6.07) is 7.59. The molecule has 2 N–H and O–H groups in total. The highest BCUT2D eigenvalue weighted by atomic mass is 32.2. The van der Waals surface area contributed by atoms with Crippen molar-refractivity contribution in [2.24, 2.45) is 5.73 Å². The van der Waals surface area contributed by atoms with Crippen LogP contribution in [0.4, 0.5) is 0 Å². The number of benzene rings is 1. The molecule has 5 nitrogen and oxygen atoms in total. The van der Waals surface area contributed by atoms with Crippen LogP contribution in [-0.2, 0) is 9.84 Å². The number of sulfone groups is 1. The summed E-state index contributed by atoms with van der Waals surface area (Å²) in [5, 5.41) is 0. The van der Waals surface area contributed by atoms with Crippen molar-refractivity contribution in [2.75, 3.05) is 39.3 Å². The van der Waals surface area contributed by atoms with E-state index in [1.165, 1.54) is 6.26 Å². The fourth-order valence-corrected chi connectivity index (χ4v) is 2.57. The van der Waals surface area contributed by atoms with E-state index in [-0.39, 0.29) is 11.8 Å². The minimum Gasteiger partial charge on any atom is -0.496 e. The van der Waals surface area contributed by atoms with Crippen molar-refractivity contribution in [1.29, 1.82) is 0 Å². The second-order valence-electron chi connectivity index (χ2n) is 4.60. The highest BCUT2D eigenvalue weighted by molar-refractivity contribution is 7.90. The van der Waals surface area contributed by atoms with Gasteiger partial charge in [0.1, 0.15) is 15.6 Å². The number of nitrogens with zero attached hydrogens (tertiary/aromatic N) is 1. The van der Waals surface area contributed by atoms with Gasteiger partial charge in [0.2, 0.25) is 0 Å². The third-order valence-corrected chi connectivity index (χ3v) is 3.99. The first-order valence-corrected chi connectivity index (χ1v) is 8.16. The average molecular weight is 286 g/mol. The van der Waals surface area contributed by atoms with Crippen molar-refractivity contribution >= 4 is 9.84 Å². The van der Waals surface area contributed by atoms with Gasteiger partial charge in [-0.2, -0.15) is 0 Å². The van der Waals surface area contributed by atoms with E-state index in [2.05, 4.69) is 0 Å². The topological polar surface area (TPSA) is 72.6 Å². The molecule has 0 aliphatic rings. The molecule has 0 bridgehead atoms. The summed E-state index contributed by atoms with van der Waals surface area (Å²) in [6.07, 6.45) is 1.24. The fourth-order valence-electron chi connectivity index (χ4n) is 1.95. The molecule has 1 rings (SSSR count). The molecule has 108 valence electrons. The lowest BCUT2D eigenvalue weighted by atomic mass is 10.0. The molecule has 6 heteroatoms. The summed E-state index contributed by atoms with van der Waals surface area (Å²) in [5.41, 5.74) is 6.80. The normalized spacial score (nSPS) is 13.5. The first-order valence-electron chi connectivity index (χ1n) is 6.10. The molecule has 1 aromatic rings. The van der Waals surface area contributed by atoms with Crippen LogP contribution in [0.15, 0.2) is 24.3 Å². The molecule has 0 aromatic heterocycles. The molecule has 0 saturated heterocycles. The Morgan fingerprint density at radius 2 is 2.00 bits per heavy atom. The monoisotopic (exact) mass is 286 g/mol. The Bertz CT molecular complexity index is 502. The van der Waals surface area contributed by atoms with Gasteiger partial charge in [-0.3, -0.25) is 4.90 Å². The largest absolute Gasteiger partial charge is 0.496 e. The van der Waals surface area contributed by atoms with Crippen LogP contribution in [0.25, 0.3) is 0 Å². The van der Waals surface area contributed by atoms with Crippen LogP contribution in [0.3, 0.4) is 0 Å². The minimum absolute atomic E-state index is 0.0575. The zero-order chi connectivity index (χ0) is 14.5. The Morgan fingerprint density at radius 1 is 1.37 bits per heavy atom. The van der Waals surface area contributed by atoms with Crippen LogP contribution >= 0.6 is 0 Å². The van der Waals surface area contributed by atoms with Crippen molar-refractivity contribution in [3.63, 3.8) is 0 Å². The highest BCUT2D eigenvalue weighted by Crippen LogP contribution is 2.27. The van der Waals surface area contributed by atoms with Crippen molar-refractivity contribution in [3.8, 4) is 5.75 Å². The molecule has 0 fully saturated rings. The van der Waals surface area contributed by atoms with E-state index in [4.69, 9.17) is 10.5 Å². The molecule has 0 aliphatic heterocycles. The SMILES string of the molecule is COc1ccccc1C(CN)N(C)CCS(C)(=O)=O. The van der Waals surface area contributed by atoms with Crippen LogP contribution in [0.2, 0.25) is 0 Å². The first kappa shape index (κ1) is 15.9. The van der Waals surface area contributed by atoms with E-state index in [0.29, 0.717) is 13.1 Å². The van der Waals surface area contributed by atoms with Gasteiger partial charge in [-0.05, 0) is 13.1 Å². The van der Waals surface area contributed by atoms with E-state index in [0.717, 1.165) is 11.3 Å². The number of methoxy groups -OCH3 is 1. The van der Waals surface area contributed by atoms with Gasteiger partial charge in [0.15, 0.2) is 0 Å². The molecule has 1 aromatic carbocycles. The Kier molecular flexibility index (Phi) is 5.78. The Labute approximate surface area is 115 Å². The van der Waals surface area contributed by atoms with Gasteiger partial charge < -0.3 is 10.5 Å². The van der Waals surface area contributed by atoms with Crippen LogP contribution in [0.5, 0.6) is 5.75 Å². The first-order chi connectivity index (χ1) is 8.89. The molecular formula is C13H22N2O3S. The van der Waals surface area contributed by atoms with E-state index in [1.54, 1.807) is 7.11 Å². The van der Waals surface area contributed by atoms with Crippen molar-refractivity contribution in [3.05, 3.63) is 29.8 Å². The second-order valence-corrected chi connectivity index (χ2v) is 6.86. The molecule has 0 spiro atoms. The molecular weight excluding hydrogens is 264 g/mol. The predicted octanol–water partition coefficient (Wildman–Crippen LogP) is 0.671. The molecule has 0 amide bonds. The number of hydrogen-bond acceptors (Lipinski definition) is 5. The lowest BCUT2D eigenvalue weighted by Crippen LogP contribution is -2.34. The maximum atomic E-state index is 11.2. The quantitative estimate of drug-likeness (QED) is 0.797. The summed E-state index contributed by atoms with van der Waals surface area (Å²) in [7, 11) is 0.512. The maximum Gasteiger partial charge on any atom is 0.148 e. The Hall–Kier alpha value is -1.11. The minimum atomic E-state index is -2.97. The summed E-state index contributed by atoms with van der Waals surface area (Å²) in [4.78, 5) is 1.94. The van der Waals surface area contributed by atoms with Crippen molar-refractivity contribution < 1.29 is 13.2 Å². The number of ether oxygens (including phenoxy) is 1. The van der Waals surface area contributed by atoms with E-state index in [1.807, 2.05) is 36.2 Å². The molecule has 1 unspecified atom stereocenters. The highest BCUT2D eigenvalue weighted by Gasteiger charge is 2.19. The van der Waals surface area contributed by atoms with Crippen LogP contribution in [0, 0.1) is 0 Å². The standard InChI is InChI=1S/C13H22N2O3S/c1-15(8-9-19(3,16)17)12(10-14)11-6-4-5-7-13(11)18-2/h4-7,12H,8-10,14H2,1-3H3. The Balaban J connectivity index is 2.87. The lowest BCUT2D eigenvalue weighted by molar-refractivity contribution is 0.257. The number of hydrogen-bond donors (Lipinski definition) is 1. The third kappa shape index (κ3) is 4.81. The number of nitrogens with two attached hydrogens (primary N) is 1. The van der Waals surface area contributed by atoms with Crippen LogP contribution in [0.1, 0.15) is 11.6 Å². The second kappa shape index (κ2) is 6.88. The van der Waals surface area contributed by atoms with Gasteiger partial charge in [-0.15, -0.1) is 0 Å². The lowest BCUT2D eigenvalue weighted by Gasteiger charge is -2.28. The van der Waals surface area contributed by atoms with Gasteiger partial charge in [0.05, 0.1) is 18.9 Å². The maximum absolute atomic E-state index is 11.2. The van der Waals surface area contributed by atoms with Crippen molar-refractivity contribution in [1.82, 2.24) is 4.90 Å². The van der Waals surface area contributed by atoms with Crippen molar-refractivity contribution in [2.45, 2.75) is 6.04 Å².